The number of rotatable bonds is 5. The van der Waals surface area contributed by atoms with Crippen LogP contribution in [0.15, 0.2) is 48.2 Å². The highest BCUT2D eigenvalue weighted by Crippen LogP contribution is 2.31. The summed E-state index contributed by atoms with van der Waals surface area (Å²) in [7, 11) is 0. The molecule has 0 bridgehead atoms. The van der Waals surface area contributed by atoms with Crippen LogP contribution in [0.2, 0.25) is 0 Å². The number of hydrogen-bond donors (Lipinski definition) is 1. The van der Waals surface area contributed by atoms with E-state index in [0.29, 0.717) is 11.7 Å². The molecule has 144 valence electrons. The number of anilines is 1. The monoisotopic (exact) mass is 397 g/mol. The molecule has 0 radical (unpaired) electrons. The molecule has 0 aliphatic carbocycles. The molecule has 8 heteroatoms. The van der Waals surface area contributed by atoms with Crippen LogP contribution in [-0.2, 0) is 4.79 Å². The van der Waals surface area contributed by atoms with Gasteiger partial charge in [0.15, 0.2) is 5.13 Å². The van der Waals surface area contributed by atoms with E-state index in [1.807, 2.05) is 5.38 Å². The molecule has 0 spiro atoms. The number of piperidine rings is 1. The normalized spacial score (nSPS) is 17.4. The number of amides is 1. The van der Waals surface area contributed by atoms with Crippen molar-refractivity contribution in [3.8, 4) is 11.3 Å². The summed E-state index contributed by atoms with van der Waals surface area (Å²) >= 11 is 1.40. The summed E-state index contributed by atoms with van der Waals surface area (Å²) in [5, 5.41) is 5.28. The molecule has 28 heavy (non-hydrogen) atoms. The maximum atomic E-state index is 13.3. The van der Waals surface area contributed by atoms with Crippen molar-refractivity contribution < 1.29 is 9.18 Å². The second-order valence-corrected chi connectivity index (χ2v) is 7.65. The summed E-state index contributed by atoms with van der Waals surface area (Å²) < 4.78 is 13.3. The number of halogens is 1. The fraction of sp³-hybridized carbons (Fsp3) is 0.300. The first-order chi connectivity index (χ1) is 13.7. The van der Waals surface area contributed by atoms with Crippen molar-refractivity contribution in [2.75, 3.05) is 25.0 Å². The van der Waals surface area contributed by atoms with Crippen LogP contribution in [0.25, 0.3) is 11.3 Å². The lowest BCUT2D eigenvalue weighted by atomic mass is 9.91. The molecular weight excluding hydrogens is 377 g/mol. The molecule has 2 aromatic heterocycles. The molecular formula is C20H20FN5OS. The first-order valence-electron chi connectivity index (χ1n) is 9.17. The smallest absolute Gasteiger partial charge is 0.240 e. The zero-order valence-electron chi connectivity index (χ0n) is 15.2. The standard InChI is InChI=1S/C20H20FN5OS/c21-16-5-3-14(4-6-16)18-19(23-8-7-22-18)15-2-1-10-26(12-15)13-17(27)25-20-24-9-11-28-20/h3-9,11,15H,1-2,10,12-13H2,(H,24,25,27)/t15-/m1/s1. The van der Waals surface area contributed by atoms with Crippen LogP contribution in [0.4, 0.5) is 9.52 Å². The third-order valence-corrected chi connectivity index (χ3v) is 5.47. The summed E-state index contributed by atoms with van der Waals surface area (Å²) in [6.07, 6.45) is 6.98. The molecule has 3 heterocycles. The average Bonchev–Trinajstić information content (AvgIpc) is 3.22. The number of nitrogens with zero attached hydrogens (tertiary/aromatic N) is 4. The van der Waals surface area contributed by atoms with Gasteiger partial charge in [-0.05, 0) is 43.7 Å². The highest BCUT2D eigenvalue weighted by atomic mass is 32.1. The van der Waals surface area contributed by atoms with E-state index in [2.05, 4.69) is 25.2 Å². The van der Waals surface area contributed by atoms with Crippen LogP contribution in [-0.4, -0.2) is 45.4 Å². The van der Waals surface area contributed by atoms with Gasteiger partial charge in [0, 0.05) is 42.0 Å². The van der Waals surface area contributed by atoms with Crippen LogP contribution in [0.5, 0.6) is 0 Å². The first-order valence-corrected chi connectivity index (χ1v) is 10.1. The quantitative estimate of drug-likeness (QED) is 0.713. The average molecular weight is 397 g/mol. The minimum atomic E-state index is -0.274. The van der Waals surface area contributed by atoms with Gasteiger partial charge in [-0.15, -0.1) is 11.3 Å². The lowest BCUT2D eigenvalue weighted by molar-refractivity contribution is -0.117. The van der Waals surface area contributed by atoms with Gasteiger partial charge in [0.2, 0.25) is 5.91 Å². The van der Waals surface area contributed by atoms with E-state index < -0.39 is 0 Å². The Morgan fingerprint density at radius 1 is 1.18 bits per heavy atom. The van der Waals surface area contributed by atoms with E-state index in [1.54, 1.807) is 30.7 Å². The Labute approximate surface area is 166 Å². The highest BCUT2D eigenvalue weighted by molar-refractivity contribution is 7.13. The fourth-order valence-corrected chi connectivity index (χ4v) is 4.09. The van der Waals surface area contributed by atoms with Crippen molar-refractivity contribution in [3.05, 3.63) is 59.7 Å². The minimum Gasteiger partial charge on any atom is -0.301 e. The summed E-state index contributed by atoms with van der Waals surface area (Å²) in [6.45, 7) is 1.92. The predicted octanol–water partition coefficient (Wildman–Crippen LogP) is 3.56. The number of benzene rings is 1. The van der Waals surface area contributed by atoms with Gasteiger partial charge >= 0.3 is 0 Å². The predicted molar refractivity (Wildman–Crippen MR) is 107 cm³/mol. The van der Waals surface area contributed by atoms with Crippen LogP contribution < -0.4 is 5.32 Å². The third kappa shape index (κ3) is 4.40. The second-order valence-electron chi connectivity index (χ2n) is 6.76. The number of carbonyl (C=O) groups is 1. The van der Waals surface area contributed by atoms with Gasteiger partial charge in [-0.25, -0.2) is 9.37 Å². The number of thiazole rings is 1. The first kappa shape index (κ1) is 18.6. The molecule has 1 saturated heterocycles. The molecule has 4 rings (SSSR count). The maximum Gasteiger partial charge on any atom is 0.240 e. The van der Waals surface area contributed by atoms with Crippen molar-refractivity contribution in [1.82, 2.24) is 19.9 Å². The number of carbonyl (C=O) groups excluding carboxylic acids is 1. The molecule has 1 amide bonds. The molecule has 1 aliphatic rings. The molecule has 1 aromatic carbocycles. The van der Waals surface area contributed by atoms with Crippen LogP contribution in [0.1, 0.15) is 24.5 Å². The van der Waals surface area contributed by atoms with Crippen LogP contribution in [0, 0.1) is 5.82 Å². The number of aromatic nitrogens is 3. The number of likely N-dealkylation sites (tertiary alicyclic amines) is 1. The number of hydrogen-bond acceptors (Lipinski definition) is 6. The topological polar surface area (TPSA) is 71.0 Å². The molecule has 1 N–H and O–H groups in total. The lowest BCUT2D eigenvalue weighted by Gasteiger charge is -2.32. The van der Waals surface area contributed by atoms with Gasteiger partial charge in [-0.3, -0.25) is 19.7 Å². The number of nitrogens with one attached hydrogen (secondary N) is 1. The van der Waals surface area contributed by atoms with Gasteiger partial charge < -0.3 is 5.32 Å². The largest absolute Gasteiger partial charge is 0.301 e. The minimum absolute atomic E-state index is 0.0616. The Hall–Kier alpha value is -2.71. The summed E-state index contributed by atoms with van der Waals surface area (Å²) in [4.78, 5) is 27.6. The van der Waals surface area contributed by atoms with Crippen molar-refractivity contribution >= 4 is 22.4 Å². The fourth-order valence-electron chi connectivity index (χ4n) is 3.55. The van der Waals surface area contributed by atoms with Gasteiger partial charge in [-0.1, -0.05) is 0 Å². The van der Waals surface area contributed by atoms with E-state index in [4.69, 9.17) is 0 Å². The van der Waals surface area contributed by atoms with Gasteiger partial charge in [0.25, 0.3) is 0 Å². The van der Waals surface area contributed by atoms with E-state index in [1.165, 1.54) is 23.5 Å². The SMILES string of the molecule is O=C(CN1CCC[C@@H](c2nccnc2-c2ccc(F)cc2)C1)Nc1nccs1. The Balaban J connectivity index is 1.47. The van der Waals surface area contributed by atoms with E-state index in [-0.39, 0.29) is 17.6 Å². The molecule has 0 unspecified atom stereocenters. The van der Waals surface area contributed by atoms with Gasteiger partial charge in [0.1, 0.15) is 5.82 Å². The molecule has 1 atom stereocenters. The van der Waals surface area contributed by atoms with E-state index >= 15 is 0 Å². The molecule has 1 aliphatic heterocycles. The Morgan fingerprint density at radius 2 is 2.00 bits per heavy atom. The zero-order chi connectivity index (χ0) is 19.3. The summed E-state index contributed by atoms with van der Waals surface area (Å²) in [5.74, 6) is -0.159. The van der Waals surface area contributed by atoms with Crippen LogP contribution in [0.3, 0.4) is 0 Å². The Bertz CT molecular complexity index is 932. The lowest BCUT2D eigenvalue weighted by Crippen LogP contribution is -2.40. The molecule has 3 aromatic rings. The van der Waals surface area contributed by atoms with Crippen molar-refractivity contribution in [2.24, 2.45) is 0 Å². The summed E-state index contributed by atoms with van der Waals surface area (Å²) in [5.41, 5.74) is 2.53. The van der Waals surface area contributed by atoms with Gasteiger partial charge in [0.05, 0.1) is 17.9 Å². The third-order valence-electron chi connectivity index (χ3n) is 4.78. The summed E-state index contributed by atoms with van der Waals surface area (Å²) in [6, 6.07) is 6.32. The van der Waals surface area contributed by atoms with Gasteiger partial charge in [-0.2, -0.15) is 0 Å². The zero-order valence-corrected chi connectivity index (χ0v) is 16.0. The van der Waals surface area contributed by atoms with E-state index in [0.717, 1.165) is 42.9 Å². The Kier molecular flexibility index (Phi) is 5.68. The maximum absolute atomic E-state index is 13.3. The molecule has 1 fully saturated rings. The molecule has 6 nitrogen and oxygen atoms in total. The second kappa shape index (κ2) is 8.53. The highest BCUT2D eigenvalue weighted by Gasteiger charge is 2.26. The van der Waals surface area contributed by atoms with Crippen LogP contribution >= 0.6 is 11.3 Å². The van der Waals surface area contributed by atoms with Crippen molar-refractivity contribution in [1.29, 1.82) is 0 Å². The van der Waals surface area contributed by atoms with E-state index in [9.17, 15) is 9.18 Å². The molecule has 0 saturated carbocycles. The van der Waals surface area contributed by atoms with Crippen molar-refractivity contribution in [3.63, 3.8) is 0 Å². The Morgan fingerprint density at radius 3 is 2.79 bits per heavy atom. The van der Waals surface area contributed by atoms with Crippen molar-refractivity contribution in [2.45, 2.75) is 18.8 Å².